The topological polar surface area (TPSA) is 40.1 Å². The van der Waals surface area contributed by atoms with Crippen LogP contribution in [0.1, 0.15) is 33.1 Å². The van der Waals surface area contributed by atoms with Crippen LogP contribution in [0.2, 0.25) is 0 Å². The number of hydrogen-bond donors (Lipinski definition) is 1. The first kappa shape index (κ1) is 23.0. The molecule has 1 aliphatic heterocycles. The molecule has 1 heterocycles. The summed E-state index contributed by atoms with van der Waals surface area (Å²) in [5.74, 6) is 1.03. The minimum atomic E-state index is 0. The number of para-hydroxylation sites is 1. The van der Waals surface area contributed by atoms with E-state index < -0.39 is 0 Å². The smallest absolute Gasteiger partial charge is 0.193 e. The van der Waals surface area contributed by atoms with Gasteiger partial charge in [0.1, 0.15) is 0 Å². The van der Waals surface area contributed by atoms with Crippen LogP contribution in [0.25, 0.3) is 0 Å². The third-order valence-electron chi connectivity index (χ3n) is 4.75. The van der Waals surface area contributed by atoms with Crippen molar-refractivity contribution in [3.05, 3.63) is 30.3 Å². The van der Waals surface area contributed by atoms with Crippen molar-refractivity contribution in [2.75, 3.05) is 51.3 Å². The van der Waals surface area contributed by atoms with E-state index in [4.69, 9.17) is 4.74 Å². The van der Waals surface area contributed by atoms with Crippen LogP contribution < -0.4 is 10.2 Å². The van der Waals surface area contributed by atoms with E-state index in [2.05, 4.69) is 64.3 Å². The standard InChI is InChI=1S/C20H34N4O.HI/c1-4-23(18-10-7-6-8-11-18)15-9-14-22-20(21-3)24-16-12-19(13-17-24)25-5-2;/h6-8,10-11,19H,4-5,9,12-17H2,1-3H3,(H,21,22);1H. The van der Waals surface area contributed by atoms with Gasteiger partial charge in [-0.25, -0.2) is 0 Å². The van der Waals surface area contributed by atoms with Gasteiger partial charge in [-0.05, 0) is 45.2 Å². The highest BCUT2D eigenvalue weighted by Crippen LogP contribution is 2.14. The van der Waals surface area contributed by atoms with Gasteiger partial charge in [-0.1, -0.05) is 18.2 Å². The Bertz CT molecular complexity index is 504. The molecule has 0 aromatic heterocycles. The van der Waals surface area contributed by atoms with Gasteiger partial charge in [0.2, 0.25) is 0 Å². The molecule has 0 atom stereocenters. The number of nitrogens with one attached hydrogen (secondary N) is 1. The number of rotatable bonds is 8. The molecule has 2 rings (SSSR count). The van der Waals surface area contributed by atoms with Gasteiger partial charge in [0.05, 0.1) is 6.10 Å². The first-order valence-corrected chi connectivity index (χ1v) is 9.65. The van der Waals surface area contributed by atoms with Gasteiger partial charge in [-0.3, -0.25) is 4.99 Å². The molecule has 1 saturated heterocycles. The molecule has 26 heavy (non-hydrogen) atoms. The molecule has 1 N–H and O–H groups in total. The summed E-state index contributed by atoms with van der Waals surface area (Å²) >= 11 is 0. The fourth-order valence-electron chi connectivity index (χ4n) is 3.38. The van der Waals surface area contributed by atoms with Crippen LogP contribution in [-0.2, 0) is 4.74 Å². The van der Waals surface area contributed by atoms with Gasteiger partial charge < -0.3 is 19.9 Å². The summed E-state index contributed by atoms with van der Waals surface area (Å²) in [5, 5.41) is 3.53. The summed E-state index contributed by atoms with van der Waals surface area (Å²) in [6.45, 7) is 10.2. The largest absolute Gasteiger partial charge is 0.378 e. The van der Waals surface area contributed by atoms with E-state index >= 15 is 0 Å². The number of anilines is 1. The second kappa shape index (κ2) is 13.2. The van der Waals surface area contributed by atoms with Crippen LogP contribution in [-0.4, -0.2) is 63.3 Å². The Morgan fingerprint density at radius 1 is 1.23 bits per heavy atom. The highest BCUT2D eigenvalue weighted by molar-refractivity contribution is 14.0. The van der Waals surface area contributed by atoms with Crippen LogP contribution in [0.5, 0.6) is 0 Å². The van der Waals surface area contributed by atoms with Crippen LogP contribution >= 0.6 is 24.0 Å². The molecule has 1 aliphatic rings. The molecule has 148 valence electrons. The number of ether oxygens (including phenoxy) is 1. The summed E-state index contributed by atoms with van der Waals surface area (Å²) in [5.41, 5.74) is 1.30. The Hall–Kier alpha value is -1.02. The summed E-state index contributed by atoms with van der Waals surface area (Å²) in [7, 11) is 1.87. The molecule has 1 aromatic carbocycles. The normalized spacial score (nSPS) is 15.5. The molecule has 1 aromatic rings. The SMILES string of the molecule is CCOC1CCN(C(=NC)NCCCN(CC)c2ccccc2)CC1.I. The zero-order valence-electron chi connectivity index (χ0n) is 16.5. The van der Waals surface area contributed by atoms with Crippen molar-refractivity contribution in [2.45, 2.75) is 39.2 Å². The number of nitrogens with zero attached hydrogens (tertiary/aromatic N) is 3. The Labute approximate surface area is 176 Å². The molecular formula is C20H35IN4O. The Kier molecular flexibility index (Phi) is 11.7. The maximum Gasteiger partial charge on any atom is 0.193 e. The van der Waals surface area contributed by atoms with E-state index in [1.807, 2.05) is 7.05 Å². The van der Waals surface area contributed by atoms with Crippen LogP contribution in [0, 0.1) is 0 Å². The van der Waals surface area contributed by atoms with Crippen LogP contribution in [0.15, 0.2) is 35.3 Å². The molecule has 0 bridgehead atoms. The number of likely N-dealkylation sites (tertiary alicyclic amines) is 1. The minimum absolute atomic E-state index is 0. The first-order valence-electron chi connectivity index (χ1n) is 9.65. The highest BCUT2D eigenvalue weighted by Gasteiger charge is 2.21. The highest BCUT2D eigenvalue weighted by atomic mass is 127. The molecule has 0 saturated carbocycles. The lowest BCUT2D eigenvalue weighted by Gasteiger charge is -2.34. The van der Waals surface area contributed by atoms with Crippen molar-refractivity contribution in [1.29, 1.82) is 0 Å². The summed E-state index contributed by atoms with van der Waals surface area (Å²) < 4.78 is 5.73. The minimum Gasteiger partial charge on any atom is -0.378 e. The maximum absolute atomic E-state index is 5.73. The van der Waals surface area contributed by atoms with E-state index in [1.165, 1.54) is 5.69 Å². The van der Waals surface area contributed by atoms with Crippen molar-refractivity contribution >= 4 is 35.6 Å². The molecule has 0 amide bonds. The third-order valence-corrected chi connectivity index (χ3v) is 4.75. The quantitative estimate of drug-likeness (QED) is 0.271. The Morgan fingerprint density at radius 3 is 2.50 bits per heavy atom. The number of aliphatic imine (C=N–C) groups is 1. The predicted octanol–water partition coefficient (Wildman–Crippen LogP) is 3.60. The zero-order valence-corrected chi connectivity index (χ0v) is 18.8. The molecule has 6 heteroatoms. The van der Waals surface area contributed by atoms with E-state index in [-0.39, 0.29) is 24.0 Å². The van der Waals surface area contributed by atoms with E-state index in [1.54, 1.807) is 0 Å². The Morgan fingerprint density at radius 2 is 1.92 bits per heavy atom. The van der Waals surface area contributed by atoms with Crippen molar-refractivity contribution in [1.82, 2.24) is 10.2 Å². The fourth-order valence-corrected chi connectivity index (χ4v) is 3.38. The predicted molar refractivity (Wildman–Crippen MR) is 122 cm³/mol. The lowest BCUT2D eigenvalue weighted by atomic mass is 10.1. The summed E-state index contributed by atoms with van der Waals surface area (Å²) in [6, 6.07) is 10.6. The molecule has 5 nitrogen and oxygen atoms in total. The van der Waals surface area contributed by atoms with Crippen LogP contribution in [0.3, 0.4) is 0 Å². The molecule has 1 fully saturated rings. The maximum atomic E-state index is 5.73. The first-order chi connectivity index (χ1) is 12.3. The molecular weight excluding hydrogens is 439 g/mol. The van der Waals surface area contributed by atoms with Gasteiger partial charge in [0.15, 0.2) is 5.96 Å². The molecule has 0 spiro atoms. The lowest BCUT2D eigenvalue weighted by Crippen LogP contribution is -2.47. The van der Waals surface area contributed by atoms with Crippen LogP contribution in [0.4, 0.5) is 5.69 Å². The van der Waals surface area contributed by atoms with Crippen molar-refractivity contribution in [3.63, 3.8) is 0 Å². The summed E-state index contributed by atoms with van der Waals surface area (Å²) in [6.07, 6.45) is 3.69. The average Bonchev–Trinajstić information content (AvgIpc) is 2.67. The summed E-state index contributed by atoms with van der Waals surface area (Å²) in [4.78, 5) is 9.22. The number of guanidine groups is 1. The van der Waals surface area contributed by atoms with E-state index in [0.717, 1.165) is 64.6 Å². The van der Waals surface area contributed by atoms with Gasteiger partial charge in [-0.2, -0.15) is 0 Å². The second-order valence-corrected chi connectivity index (χ2v) is 6.38. The second-order valence-electron chi connectivity index (χ2n) is 6.38. The third kappa shape index (κ3) is 7.31. The van der Waals surface area contributed by atoms with Crippen molar-refractivity contribution < 1.29 is 4.74 Å². The van der Waals surface area contributed by atoms with Gasteiger partial charge in [-0.15, -0.1) is 24.0 Å². The van der Waals surface area contributed by atoms with E-state index in [0.29, 0.717) is 6.10 Å². The van der Waals surface area contributed by atoms with Crippen molar-refractivity contribution in [3.8, 4) is 0 Å². The fraction of sp³-hybridized carbons (Fsp3) is 0.650. The number of benzene rings is 1. The number of hydrogen-bond acceptors (Lipinski definition) is 3. The number of halogens is 1. The van der Waals surface area contributed by atoms with Gasteiger partial charge in [0.25, 0.3) is 0 Å². The monoisotopic (exact) mass is 474 g/mol. The van der Waals surface area contributed by atoms with E-state index in [9.17, 15) is 0 Å². The zero-order chi connectivity index (χ0) is 17.9. The average molecular weight is 474 g/mol. The Balaban J connectivity index is 0.00000338. The molecule has 0 unspecified atom stereocenters. The van der Waals surface area contributed by atoms with Gasteiger partial charge >= 0.3 is 0 Å². The van der Waals surface area contributed by atoms with Gasteiger partial charge in [0, 0.05) is 52.1 Å². The molecule has 0 aliphatic carbocycles. The number of piperidine rings is 1. The molecule has 0 radical (unpaired) electrons. The van der Waals surface area contributed by atoms with Crippen molar-refractivity contribution in [2.24, 2.45) is 4.99 Å². The lowest BCUT2D eigenvalue weighted by molar-refractivity contribution is 0.0264.